The van der Waals surface area contributed by atoms with Gasteiger partial charge in [0.15, 0.2) is 0 Å². The van der Waals surface area contributed by atoms with Gasteiger partial charge in [0.2, 0.25) is 0 Å². The van der Waals surface area contributed by atoms with Crippen LogP contribution in [0.4, 0.5) is 10.2 Å². The first-order valence-corrected chi connectivity index (χ1v) is 5.61. The highest BCUT2D eigenvalue weighted by atomic mass is 19.1. The zero-order valence-electron chi connectivity index (χ0n) is 9.78. The van der Waals surface area contributed by atoms with Crippen LogP contribution in [-0.4, -0.2) is 24.1 Å². The average molecular weight is 223 g/mol. The zero-order chi connectivity index (χ0) is 11.8. The fraction of sp³-hybridized carbons (Fsp3) is 0.583. The van der Waals surface area contributed by atoms with Gasteiger partial charge in [-0.1, -0.05) is 13.8 Å². The van der Waals surface area contributed by atoms with Gasteiger partial charge >= 0.3 is 0 Å². The molecule has 2 N–H and O–H groups in total. The molecule has 3 nitrogen and oxygen atoms in total. The van der Waals surface area contributed by atoms with Gasteiger partial charge in [0.25, 0.3) is 0 Å². The molecule has 16 heavy (non-hydrogen) atoms. The van der Waals surface area contributed by atoms with Crippen LogP contribution in [-0.2, 0) is 0 Å². The summed E-state index contributed by atoms with van der Waals surface area (Å²) in [4.78, 5) is 6.27. The van der Waals surface area contributed by atoms with Crippen LogP contribution < -0.4 is 10.6 Å². The lowest BCUT2D eigenvalue weighted by Crippen LogP contribution is -2.52. The Labute approximate surface area is 95.5 Å². The Hall–Kier alpha value is -1.16. The van der Waals surface area contributed by atoms with Crippen molar-refractivity contribution >= 4 is 5.82 Å². The third-order valence-electron chi connectivity index (χ3n) is 3.35. The molecule has 1 unspecified atom stereocenters. The van der Waals surface area contributed by atoms with Crippen LogP contribution in [0.25, 0.3) is 0 Å². The number of rotatable bonds is 1. The number of nitrogens with zero attached hydrogens (tertiary/aromatic N) is 2. The molecule has 1 saturated heterocycles. The lowest BCUT2D eigenvalue weighted by atomic mass is 9.80. The predicted molar refractivity (Wildman–Crippen MR) is 62.8 cm³/mol. The highest BCUT2D eigenvalue weighted by molar-refractivity contribution is 5.39. The number of nitrogens with two attached hydrogens (primary N) is 1. The minimum atomic E-state index is -0.295. The number of aromatic nitrogens is 1. The third-order valence-corrected chi connectivity index (χ3v) is 3.35. The van der Waals surface area contributed by atoms with Crippen LogP contribution in [0.5, 0.6) is 0 Å². The van der Waals surface area contributed by atoms with Crippen LogP contribution >= 0.6 is 0 Å². The van der Waals surface area contributed by atoms with Crippen LogP contribution in [0.1, 0.15) is 20.3 Å². The Balaban J connectivity index is 2.14. The maximum atomic E-state index is 12.8. The van der Waals surface area contributed by atoms with E-state index >= 15 is 0 Å². The smallest absolute Gasteiger partial charge is 0.141 e. The fourth-order valence-electron chi connectivity index (χ4n) is 2.12. The molecule has 1 aliphatic heterocycles. The monoisotopic (exact) mass is 223 g/mol. The van der Waals surface area contributed by atoms with Gasteiger partial charge in [0, 0.05) is 19.1 Å². The summed E-state index contributed by atoms with van der Waals surface area (Å²) in [5.74, 6) is 0.540. The van der Waals surface area contributed by atoms with E-state index in [4.69, 9.17) is 5.73 Å². The number of piperidine rings is 1. The summed E-state index contributed by atoms with van der Waals surface area (Å²) in [6.45, 7) is 6.08. The van der Waals surface area contributed by atoms with Crippen LogP contribution in [0, 0.1) is 11.2 Å². The van der Waals surface area contributed by atoms with Crippen molar-refractivity contribution in [3.8, 4) is 0 Å². The molecule has 1 aromatic heterocycles. The molecule has 0 bridgehead atoms. The van der Waals surface area contributed by atoms with E-state index in [-0.39, 0.29) is 17.3 Å². The predicted octanol–water partition coefficient (Wildman–Crippen LogP) is 1.78. The first-order valence-electron chi connectivity index (χ1n) is 5.61. The second-order valence-electron chi connectivity index (χ2n) is 5.14. The van der Waals surface area contributed by atoms with Crippen LogP contribution in [0.15, 0.2) is 18.3 Å². The van der Waals surface area contributed by atoms with E-state index in [0.29, 0.717) is 0 Å². The SMILES string of the molecule is CC1(C)CN(c2ccc(F)cn2)CCC1N. The molecule has 0 aliphatic carbocycles. The van der Waals surface area contributed by atoms with Gasteiger partial charge in [-0.3, -0.25) is 0 Å². The molecule has 1 aromatic rings. The van der Waals surface area contributed by atoms with Gasteiger partial charge in [-0.25, -0.2) is 9.37 Å². The zero-order valence-corrected chi connectivity index (χ0v) is 9.78. The Morgan fingerprint density at radius 3 is 2.81 bits per heavy atom. The van der Waals surface area contributed by atoms with E-state index in [1.165, 1.54) is 12.3 Å². The Bertz CT molecular complexity index is 361. The molecular formula is C12H18FN3. The molecule has 0 amide bonds. The Morgan fingerprint density at radius 2 is 2.25 bits per heavy atom. The van der Waals surface area contributed by atoms with Crippen molar-refractivity contribution in [1.29, 1.82) is 0 Å². The molecule has 0 aromatic carbocycles. The quantitative estimate of drug-likeness (QED) is 0.789. The van der Waals surface area contributed by atoms with Crippen molar-refractivity contribution in [3.63, 3.8) is 0 Å². The van der Waals surface area contributed by atoms with E-state index in [2.05, 4.69) is 23.7 Å². The minimum absolute atomic E-state index is 0.0777. The number of hydrogen-bond donors (Lipinski definition) is 1. The lowest BCUT2D eigenvalue weighted by Gasteiger charge is -2.43. The van der Waals surface area contributed by atoms with Crippen molar-refractivity contribution < 1.29 is 4.39 Å². The van der Waals surface area contributed by atoms with Gasteiger partial charge in [-0.15, -0.1) is 0 Å². The number of halogens is 1. The third kappa shape index (κ3) is 2.16. The molecule has 1 atom stereocenters. The van der Waals surface area contributed by atoms with Crippen molar-refractivity contribution in [1.82, 2.24) is 4.98 Å². The molecular weight excluding hydrogens is 205 g/mol. The maximum Gasteiger partial charge on any atom is 0.141 e. The molecule has 2 heterocycles. The van der Waals surface area contributed by atoms with E-state index in [1.807, 2.05) is 0 Å². The highest BCUT2D eigenvalue weighted by Crippen LogP contribution is 2.29. The van der Waals surface area contributed by atoms with Crippen molar-refractivity contribution in [2.45, 2.75) is 26.3 Å². The molecule has 0 radical (unpaired) electrons. The summed E-state index contributed by atoms with van der Waals surface area (Å²) < 4.78 is 12.8. The van der Waals surface area contributed by atoms with Crippen LogP contribution in [0.2, 0.25) is 0 Å². The maximum absolute atomic E-state index is 12.8. The van der Waals surface area contributed by atoms with Crippen LogP contribution in [0.3, 0.4) is 0 Å². The van der Waals surface area contributed by atoms with Crippen molar-refractivity contribution in [2.75, 3.05) is 18.0 Å². The fourth-order valence-corrected chi connectivity index (χ4v) is 2.12. The normalized spacial score (nSPS) is 24.5. The molecule has 0 spiro atoms. The first kappa shape index (κ1) is 11.3. The summed E-state index contributed by atoms with van der Waals surface area (Å²) in [5, 5.41) is 0. The molecule has 2 rings (SSSR count). The van der Waals surface area contributed by atoms with Gasteiger partial charge in [0.05, 0.1) is 6.20 Å². The standard InChI is InChI=1S/C12H18FN3/c1-12(2)8-16(6-5-10(12)14)11-4-3-9(13)7-15-11/h3-4,7,10H,5-6,8,14H2,1-2H3. The van der Waals surface area contributed by atoms with Crippen molar-refractivity contribution in [3.05, 3.63) is 24.1 Å². The number of anilines is 1. The van der Waals surface area contributed by atoms with Gasteiger partial charge in [0.1, 0.15) is 11.6 Å². The molecule has 4 heteroatoms. The number of hydrogen-bond acceptors (Lipinski definition) is 3. The topological polar surface area (TPSA) is 42.2 Å². The van der Waals surface area contributed by atoms with E-state index in [0.717, 1.165) is 25.3 Å². The molecule has 1 fully saturated rings. The Kier molecular flexibility index (Phi) is 2.84. The van der Waals surface area contributed by atoms with E-state index in [9.17, 15) is 4.39 Å². The second-order valence-corrected chi connectivity index (χ2v) is 5.14. The summed E-state index contributed by atoms with van der Waals surface area (Å²) in [6, 6.07) is 3.40. The minimum Gasteiger partial charge on any atom is -0.356 e. The average Bonchev–Trinajstić information content (AvgIpc) is 2.23. The molecule has 1 aliphatic rings. The summed E-state index contributed by atoms with van der Waals surface area (Å²) >= 11 is 0. The molecule has 0 saturated carbocycles. The van der Waals surface area contributed by atoms with Gasteiger partial charge in [-0.05, 0) is 24.0 Å². The first-order chi connectivity index (χ1) is 7.49. The second kappa shape index (κ2) is 4.01. The van der Waals surface area contributed by atoms with Crippen molar-refractivity contribution in [2.24, 2.45) is 11.1 Å². The van der Waals surface area contributed by atoms with Gasteiger partial charge < -0.3 is 10.6 Å². The van der Waals surface area contributed by atoms with E-state index in [1.54, 1.807) is 6.07 Å². The van der Waals surface area contributed by atoms with E-state index < -0.39 is 0 Å². The molecule has 88 valence electrons. The lowest BCUT2D eigenvalue weighted by molar-refractivity contribution is 0.244. The summed E-state index contributed by atoms with van der Waals surface area (Å²) in [5.41, 5.74) is 6.15. The highest BCUT2D eigenvalue weighted by Gasteiger charge is 2.33. The summed E-state index contributed by atoms with van der Waals surface area (Å²) in [7, 11) is 0. The van der Waals surface area contributed by atoms with Gasteiger partial charge in [-0.2, -0.15) is 0 Å². The number of pyridine rings is 1. The Morgan fingerprint density at radius 1 is 1.50 bits per heavy atom. The summed E-state index contributed by atoms with van der Waals surface area (Å²) in [6.07, 6.45) is 2.21. The largest absolute Gasteiger partial charge is 0.356 e.